The first-order chi connectivity index (χ1) is 9.04. The molecule has 0 bridgehead atoms. The molecule has 1 N–H and O–H groups in total. The van der Waals surface area contributed by atoms with Crippen molar-refractivity contribution in [3.05, 3.63) is 39.9 Å². The van der Waals surface area contributed by atoms with E-state index < -0.39 is 4.92 Å². The van der Waals surface area contributed by atoms with E-state index in [-0.39, 0.29) is 18.1 Å². The Hall–Kier alpha value is -2.39. The smallest absolute Gasteiger partial charge is 0.269 e. The van der Waals surface area contributed by atoms with Gasteiger partial charge in [0.15, 0.2) is 0 Å². The highest BCUT2D eigenvalue weighted by Crippen LogP contribution is 2.14. The van der Waals surface area contributed by atoms with Crippen molar-refractivity contribution in [1.29, 1.82) is 0 Å². The van der Waals surface area contributed by atoms with Crippen molar-refractivity contribution < 1.29 is 9.72 Å². The van der Waals surface area contributed by atoms with Crippen LogP contribution in [0.15, 0.2) is 24.3 Å². The topological polar surface area (TPSA) is 75.5 Å². The third-order valence-electron chi connectivity index (χ3n) is 2.47. The number of hydrogen-bond donors (Lipinski definition) is 1. The lowest BCUT2D eigenvalue weighted by molar-refractivity contribution is -0.384. The van der Waals surface area contributed by atoms with Gasteiger partial charge in [0, 0.05) is 25.7 Å². The normalized spacial score (nSPS) is 9.68. The molecule has 0 fully saturated rings. The summed E-state index contributed by atoms with van der Waals surface area (Å²) in [7, 11) is 1.64. The molecule has 0 saturated heterocycles. The van der Waals surface area contributed by atoms with E-state index in [0.29, 0.717) is 18.7 Å². The number of carbonyl (C=O) groups excluding carboxylic acids is 1. The molecule has 0 heterocycles. The Morgan fingerprint density at radius 3 is 2.95 bits per heavy atom. The summed E-state index contributed by atoms with van der Waals surface area (Å²) < 4.78 is 0. The van der Waals surface area contributed by atoms with Crippen LogP contribution in [0.4, 0.5) is 5.69 Å². The predicted octanol–water partition coefficient (Wildman–Crippen LogP) is 0.776. The average Bonchev–Trinajstić information content (AvgIpc) is 2.39. The van der Waals surface area contributed by atoms with Crippen LogP contribution in [-0.4, -0.2) is 35.9 Å². The maximum absolute atomic E-state index is 11.7. The Morgan fingerprint density at radius 1 is 1.58 bits per heavy atom. The first-order valence-corrected chi connectivity index (χ1v) is 5.66. The molecule has 0 aliphatic carbocycles. The molecule has 1 amide bonds. The summed E-state index contributed by atoms with van der Waals surface area (Å²) in [6.07, 6.45) is 5.06. The van der Waals surface area contributed by atoms with Gasteiger partial charge in [-0.3, -0.25) is 20.2 Å². The zero-order chi connectivity index (χ0) is 14.3. The van der Waals surface area contributed by atoms with Crippen LogP contribution in [0.5, 0.6) is 0 Å². The van der Waals surface area contributed by atoms with Gasteiger partial charge < -0.3 is 4.90 Å². The van der Waals surface area contributed by atoms with Crippen molar-refractivity contribution in [1.82, 2.24) is 10.2 Å². The number of terminal acetylenes is 1. The molecule has 0 radical (unpaired) electrons. The van der Waals surface area contributed by atoms with Crippen LogP contribution >= 0.6 is 0 Å². The second-order valence-corrected chi connectivity index (χ2v) is 3.98. The summed E-state index contributed by atoms with van der Waals surface area (Å²) in [5, 5.41) is 13.4. The van der Waals surface area contributed by atoms with Gasteiger partial charge in [-0.05, 0) is 5.56 Å². The van der Waals surface area contributed by atoms with Crippen molar-refractivity contribution in [2.75, 3.05) is 20.1 Å². The van der Waals surface area contributed by atoms with E-state index in [1.165, 1.54) is 17.0 Å². The summed E-state index contributed by atoms with van der Waals surface area (Å²) in [5.41, 5.74) is 0.728. The molecule has 0 unspecified atom stereocenters. The Morgan fingerprint density at radius 2 is 2.32 bits per heavy atom. The quantitative estimate of drug-likeness (QED) is 0.355. The summed E-state index contributed by atoms with van der Waals surface area (Å²) in [6.45, 7) is 0.796. The number of carbonyl (C=O) groups is 1. The molecule has 0 atom stereocenters. The molecule has 6 heteroatoms. The van der Waals surface area contributed by atoms with Crippen molar-refractivity contribution >= 4 is 11.6 Å². The molecule has 100 valence electrons. The maximum Gasteiger partial charge on any atom is 0.269 e. The second-order valence-electron chi connectivity index (χ2n) is 3.98. The molecule has 0 aliphatic rings. The average molecular weight is 261 g/mol. The van der Waals surface area contributed by atoms with Crippen LogP contribution < -0.4 is 5.32 Å². The number of nitrogens with zero attached hydrogens (tertiary/aromatic N) is 2. The molecule has 0 aliphatic heterocycles. The van der Waals surface area contributed by atoms with Gasteiger partial charge in [0.2, 0.25) is 5.91 Å². The fraction of sp³-hybridized carbons (Fsp3) is 0.308. The fourth-order valence-corrected chi connectivity index (χ4v) is 1.51. The van der Waals surface area contributed by atoms with Gasteiger partial charge in [0.05, 0.1) is 18.0 Å². The molecule has 1 rings (SSSR count). The van der Waals surface area contributed by atoms with Crippen LogP contribution in [-0.2, 0) is 11.3 Å². The van der Waals surface area contributed by atoms with E-state index in [2.05, 4.69) is 11.2 Å². The molecule has 0 saturated carbocycles. The Bertz CT molecular complexity index is 508. The van der Waals surface area contributed by atoms with Crippen molar-refractivity contribution in [3.8, 4) is 12.3 Å². The van der Waals surface area contributed by atoms with Crippen LogP contribution in [0.3, 0.4) is 0 Å². The lowest BCUT2D eigenvalue weighted by atomic mass is 10.2. The highest BCUT2D eigenvalue weighted by atomic mass is 16.6. The monoisotopic (exact) mass is 261 g/mol. The zero-order valence-corrected chi connectivity index (χ0v) is 10.6. The minimum absolute atomic E-state index is 0.0174. The van der Waals surface area contributed by atoms with Gasteiger partial charge in [-0.1, -0.05) is 18.1 Å². The third kappa shape index (κ3) is 4.77. The number of nitro benzene ring substituents is 1. The van der Waals surface area contributed by atoms with Gasteiger partial charge in [-0.2, -0.15) is 0 Å². The Kier molecular flexibility index (Phi) is 5.51. The second kappa shape index (κ2) is 7.13. The predicted molar refractivity (Wildman–Crippen MR) is 71.3 cm³/mol. The van der Waals surface area contributed by atoms with E-state index in [0.717, 1.165) is 0 Å². The van der Waals surface area contributed by atoms with Gasteiger partial charge in [-0.15, -0.1) is 6.42 Å². The number of rotatable bonds is 6. The molecular formula is C13H15N3O3. The highest BCUT2D eigenvalue weighted by Gasteiger charge is 2.11. The summed E-state index contributed by atoms with van der Waals surface area (Å²) >= 11 is 0. The highest BCUT2D eigenvalue weighted by molar-refractivity contribution is 5.78. The molecule has 1 aromatic carbocycles. The lowest BCUT2D eigenvalue weighted by Gasteiger charge is -2.17. The van der Waals surface area contributed by atoms with E-state index in [1.54, 1.807) is 19.2 Å². The van der Waals surface area contributed by atoms with Crippen LogP contribution in [0, 0.1) is 22.5 Å². The number of hydrogen-bond acceptors (Lipinski definition) is 4. The molecular weight excluding hydrogens is 246 g/mol. The van der Waals surface area contributed by atoms with Crippen LogP contribution in [0.25, 0.3) is 0 Å². The number of amides is 1. The first kappa shape index (κ1) is 14.7. The number of nitro groups is 1. The molecule has 0 aromatic heterocycles. The summed E-state index contributed by atoms with van der Waals surface area (Å²) in [6, 6.07) is 6.21. The molecule has 6 nitrogen and oxygen atoms in total. The molecule has 1 aromatic rings. The van der Waals surface area contributed by atoms with E-state index >= 15 is 0 Å². The van der Waals surface area contributed by atoms with Crippen molar-refractivity contribution in [3.63, 3.8) is 0 Å². The number of nitrogens with one attached hydrogen (secondary N) is 1. The van der Waals surface area contributed by atoms with Gasteiger partial charge in [0.25, 0.3) is 5.69 Å². The minimum atomic E-state index is -0.459. The summed E-state index contributed by atoms with van der Waals surface area (Å²) in [5.74, 6) is 2.25. The maximum atomic E-state index is 11.7. The molecule has 19 heavy (non-hydrogen) atoms. The Balaban J connectivity index is 2.59. The van der Waals surface area contributed by atoms with Crippen LogP contribution in [0.2, 0.25) is 0 Å². The van der Waals surface area contributed by atoms with E-state index in [4.69, 9.17) is 6.42 Å². The zero-order valence-electron chi connectivity index (χ0n) is 10.6. The van der Waals surface area contributed by atoms with Gasteiger partial charge >= 0.3 is 0 Å². The minimum Gasteiger partial charge on any atom is -0.340 e. The number of benzene rings is 1. The third-order valence-corrected chi connectivity index (χ3v) is 2.47. The van der Waals surface area contributed by atoms with Crippen molar-refractivity contribution in [2.45, 2.75) is 6.54 Å². The van der Waals surface area contributed by atoms with E-state index in [9.17, 15) is 14.9 Å². The molecule has 0 spiro atoms. The summed E-state index contributed by atoms with van der Waals surface area (Å²) in [4.78, 5) is 23.4. The number of likely N-dealkylation sites (N-methyl/N-ethyl adjacent to an activating group) is 1. The first-order valence-electron chi connectivity index (χ1n) is 5.66. The lowest BCUT2D eigenvalue weighted by Crippen LogP contribution is -2.35. The van der Waals surface area contributed by atoms with Crippen LogP contribution in [0.1, 0.15) is 5.56 Å². The van der Waals surface area contributed by atoms with Crippen molar-refractivity contribution in [2.24, 2.45) is 0 Å². The fourth-order valence-electron chi connectivity index (χ4n) is 1.51. The largest absolute Gasteiger partial charge is 0.340 e. The Labute approximate surface area is 111 Å². The van der Waals surface area contributed by atoms with Gasteiger partial charge in [-0.25, -0.2) is 0 Å². The standard InChI is InChI=1S/C13H15N3O3/c1-3-7-14-9-13(17)15(2)10-11-5-4-6-12(8-11)16(18)19/h1,4-6,8,14H,7,9-10H2,2H3. The SMILES string of the molecule is C#CCNCC(=O)N(C)Cc1cccc([N+](=O)[O-])c1. The van der Waals surface area contributed by atoms with Gasteiger partial charge in [0.1, 0.15) is 0 Å². The van der Waals surface area contributed by atoms with E-state index in [1.807, 2.05) is 0 Å². The number of non-ortho nitro benzene ring substituents is 1.